The second kappa shape index (κ2) is 3.38. The van der Waals surface area contributed by atoms with Gasteiger partial charge in [0.05, 0.1) is 23.5 Å². The Balaban J connectivity index is 2.31. The van der Waals surface area contributed by atoms with Gasteiger partial charge in [0, 0.05) is 0 Å². The van der Waals surface area contributed by atoms with Gasteiger partial charge in [-0.15, -0.1) is 12.8 Å². The molecule has 0 N–H and O–H groups in total. The molecule has 0 saturated heterocycles. The molecule has 0 aliphatic heterocycles. The molecule has 76 valence electrons. The molecule has 0 saturated carbocycles. The van der Waals surface area contributed by atoms with Crippen LogP contribution in [0.15, 0.2) is 0 Å². The van der Waals surface area contributed by atoms with Crippen molar-refractivity contribution in [3.05, 3.63) is 22.8 Å². The van der Waals surface area contributed by atoms with Crippen molar-refractivity contribution in [2.45, 2.75) is 11.8 Å². The summed E-state index contributed by atoms with van der Waals surface area (Å²) in [6.07, 6.45) is 11.0. The molecule has 4 nitrogen and oxygen atoms in total. The molecular formula is C10H4N4S2. The number of hydrogen-bond donors (Lipinski definition) is 0. The van der Waals surface area contributed by atoms with E-state index in [0.29, 0.717) is 0 Å². The largest absolute Gasteiger partial charge is 0.176 e. The van der Waals surface area contributed by atoms with E-state index >= 15 is 0 Å². The fourth-order valence-corrected chi connectivity index (χ4v) is 3.01. The van der Waals surface area contributed by atoms with Gasteiger partial charge in [-0.3, -0.25) is 0 Å². The van der Waals surface area contributed by atoms with Crippen LogP contribution in [0.2, 0.25) is 0 Å². The average molecular weight is 244 g/mol. The predicted octanol–water partition coefficient (Wildman–Crippen LogP) is 1.23. The molecule has 0 aromatic carbocycles. The molecule has 0 atom stereocenters. The lowest BCUT2D eigenvalue weighted by Gasteiger charge is -2.18. The van der Waals surface area contributed by atoms with Gasteiger partial charge in [0.2, 0.25) is 0 Å². The fourth-order valence-electron chi connectivity index (χ4n) is 1.78. The van der Waals surface area contributed by atoms with Crippen molar-refractivity contribution in [1.82, 2.24) is 17.5 Å². The van der Waals surface area contributed by atoms with Crippen LogP contribution >= 0.6 is 23.5 Å². The van der Waals surface area contributed by atoms with Crippen LogP contribution in [0, 0.1) is 24.7 Å². The quantitative estimate of drug-likeness (QED) is 0.654. The van der Waals surface area contributed by atoms with Gasteiger partial charge in [-0.1, -0.05) is 11.8 Å². The highest BCUT2D eigenvalue weighted by Gasteiger charge is 2.37. The average Bonchev–Trinajstić information content (AvgIpc) is 2.93. The Hall–Kier alpha value is -1.76. The van der Waals surface area contributed by atoms with Crippen LogP contribution in [0.25, 0.3) is 0 Å². The van der Waals surface area contributed by atoms with Gasteiger partial charge in [0.1, 0.15) is 34.6 Å². The fraction of sp³-hybridized carbons (Fsp3) is 0.200. The van der Waals surface area contributed by atoms with Gasteiger partial charge < -0.3 is 0 Å². The van der Waals surface area contributed by atoms with E-state index in [9.17, 15) is 0 Å². The Morgan fingerprint density at radius 1 is 0.750 bits per heavy atom. The molecule has 2 aromatic rings. The lowest BCUT2D eigenvalue weighted by atomic mass is 9.84. The van der Waals surface area contributed by atoms with Crippen LogP contribution in [-0.2, 0) is 0 Å². The lowest BCUT2D eigenvalue weighted by molar-refractivity contribution is 0.815. The number of aromatic nitrogens is 4. The summed E-state index contributed by atoms with van der Waals surface area (Å²) in [5.74, 6) is 4.83. The predicted molar refractivity (Wildman–Crippen MR) is 61.2 cm³/mol. The van der Waals surface area contributed by atoms with Crippen molar-refractivity contribution in [3.8, 4) is 24.7 Å². The maximum Gasteiger partial charge on any atom is 0.110 e. The second-order valence-electron chi connectivity index (χ2n) is 3.27. The number of nitrogens with zero attached hydrogens (tertiary/aromatic N) is 4. The monoisotopic (exact) mass is 244 g/mol. The smallest absolute Gasteiger partial charge is 0.110 e. The molecule has 2 aromatic heterocycles. The van der Waals surface area contributed by atoms with Gasteiger partial charge >= 0.3 is 0 Å². The molecule has 2 heterocycles. The van der Waals surface area contributed by atoms with E-state index < -0.39 is 0 Å². The molecule has 6 heteroatoms. The highest BCUT2D eigenvalue weighted by atomic mass is 32.1. The third-order valence-corrected chi connectivity index (χ3v) is 3.62. The molecular weight excluding hydrogens is 240 g/mol. The summed E-state index contributed by atoms with van der Waals surface area (Å²) in [5, 5.41) is 0. The number of hydrogen-bond acceptors (Lipinski definition) is 6. The zero-order chi connectivity index (χ0) is 11.1. The third-order valence-electron chi connectivity index (χ3n) is 2.51. The Kier molecular flexibility index (Phi) is 2.00. The minimum absolute atomic E-state index is 0.257. The maximum absolute atomic E-state index is 5.51. The minimum Gasteiger partial charge on any atom is -0.176 e. The highest BCUT2D eigenvalue weighted by Crippen LogP contribution is 2.40. The summed E-state index contributed by atoms with van der Waals surface area (Å²) in [6, 6.07) is 0. The SMILES string of the molecule is C#CC1c2nsnc2C(C#C)c2nsnc21. The standard InChI is InChI=1S/C10H4N4S2/c1-3-5-7-9(13-15-11-7)6(4-2)10-8(5)12-16-14-10/h1-2,5-6H. The van der Waals surface area contributed by atoms with Crippen molar-refractivity contribution >= 4 is 23.5 Å². The number of rotatable bonds is 0. The molecule has 0 amide bonds. The third kappa shape index (κ3) is 1.06. The molecule has 16 heavy (non-hydrogen) atoms. The van der Waals surface area contributed by atoms with Gasteiger partial charge in [-0.25, -0.2) is 0 Å². The summed E-state index contributed by atoms with van der Waals surface area (Å²) in [6.45, 7) is 0. The maximum atomic E-state index is 5.51. The van der Waals surface area contributed by atoms with Crippen molar-refractivity contribution in [2.75, 3.05) is 0 Å². The van der Waals surface area contributed by atoms with Crippen LogP contribution in [-0.4, -0.2) is 17.5 Å². The van der Waals surface area contributed by atoms with Gasteiger partial charge in [-0.2, -0.15) is 17.5 Å². The van der Waals surface area contributed by atoms with E-state index in [1.165, 1.54) is 0 Å². The Morgan fingerprint density at radius 2 is 1.06 bits per heavy atom. The minimum atomic E-state index is -0.257. The van der Waals surface area contributed by atoms with Crippen LogP contribution < -0.4 is 0 Å². The van der Waals surface area contributed by atoms with Crippen molar-refractivity contribution in [2.24, 2.45) is 0 Å². The molecule has 1 aliphatic rings. The summed E-state index contributed by atoms with van der Waals surface area (Å²) >= 11 is 2.25. The second-order valence-corrected chi connectivity index (χ2v) is 4.33. The van der Waals surface area contributed by atoms with Crippen molar-refractivity contribution < 1.29 is 0 Å². The van der Waals surface area contributed by atoms with Gasteiger partial charge in [0.15, 0.2) is 0 Å². The summed E-state index contributed by atoms with van der Waals surface area (Å²) < 4.78 is 16.9. The summed E-state index contributed by atoms with van der Waals surface area (Å²) in [5.41, 5.74) is 3.04. The topological polar surface area (TPSA) is 51.6 Å². The molecule has 0 bridgehead atoms. The van der Waals surface area contributed by atoms with E-state index in [2.05, 4.69) is 29.3 Å². The Labute approximate surface area is 100 Å². The molecule has 3 rings (SSSR count). The molecule has 0 unspecified atom stereocenters. The first-order valence-electron chi connectivity index (χ1n) is 4.43. The first-order valence-corrected chi connectivity index (χ1v) is 5.89. The molecule has 0 radical (unpaired) electrons. The van der Waals surface area contributed by atoms with Crippen LogP contribution in [0.4, 0.5) is 0 Å². The zero-order valence-corrected chi connectivity index (χ0v) is 9.55. The van der Waals surface area contributed by atoms with Crippen molar-refractivity contribution in [3.63, 3.8) is 0 Å². The van der Waals surface area contributed by atoms with E-state index in [-0.39, 0.29) is 11.8 Å². The van der Waals surface area contributed by atoms with Crippen LogP contribution in [0.3, 0.4) is 0 Å². The Morgan fingerprint density at radius 3 is 1.31 bits per heavy atom. The number of terminal acetylenes is 2. The first kappa shape index (κ1) is 9.46. The lowest BCUT2D eigenvalue weighted by Crippen LogP contribution is -2.16. The van der Waals surface area contributed by atoms with Gasteiger partial charge in [0.25, 0.3) is 0 Å². The Bertz CT molecular complexity index is 535. The first-order chi connectivity index (χ1) is 7.86. The summed E-state index contributed by atoms with van der Waals surface area (Å²) in [7, 11) is 0. The van der Waals surface area contributed by atoms with E-state index in [4.69, 9.17) is 12.8 Å². The van der Waals surface area contributed by atoms with E-state index in [1.807, 2.05) is 0 Å². The van der Waals surface area contributed by atoms with E-state index in [1.54, 1.807) is 0 Å². The zero-order valence-electron chi connectivity index (χ0n) is 7.91. The number of fused-ring (bicyclic) bond motifs is 2. The molecule has 0 spiro atoms. The normalized spacial score (nSPS) is 21.6. The summed E-state index contributed by atoms with van der Waals surface area (Å²) in [4.78, 5) is 0. The van der Waals surface area contributed by atoms with Crippen LogP contribution in [0.1, 0.15) is 34.6 Å². The van der Waals surface area contributed by atoms with Crippen LogP contribution in [0.5, 0.6) is 0 Å². The molecule has 1 aliphatic carbocycles. The van der Waals surface area contributed by atoms with Crippen molar-refractivity contribution in [1.29, 1.82) is 0 Å². The van der Waals surface area contributed by atoms with E-state index in [0.717, 1.165) is 46.2 Å². The highest BCUT2D eigenvalue weighted by molar-refractivity contribution is 6.99. The van der Waals surface area contributed by atoms with Gasteiger partial charge in [-0.05, 0) is 0 Å². The molecule has 0 fully saturated rings.